The lowest BCUT2D eigenvalue weighted by atomic mass is 10.1. The van der Waals surface area contributed by atoms with Crippen LogP contribution >= 0.6 is 60.8 Å². The maximum atomic E-state index is 15.6. The first-order valence-electron chi connectivity index (χ1n) is 8.78. The number of nitrogens with zero attached hydrogens (tertiary/aromatic N) is 1. The zero-order valence-electron chi connectivity index (χ0n) is 15.9. The van der Waals surface area contributed by atoms with Gasteiger partial charge in [0.05, 0.1) is 34.8 Å². The van der Waals surface area contributed by atoms with Gasteiger partial charge in [-0.3, -0.25) is 4.18 Å². The van der Waals surface area contributed by atoms with Crippen LogP contribution in [0.3, 0.4) is 0 Å². The number of halogens is 3. The Labute approximate surface area is 218 Å². The predicted octanol–water partition coefficient (Wildman–Crippen LogP) is 4.53. The molecule has 0 saturated carbocycles. The first kappa shape index (κ1) is 26.9. The van der Waals surface area contributed by atoms with Crippen molar-refractivity contribution in [2.45, 2.75) is 34.4 Å². The topological polar surface area (TPSA) is 99.2 Å². The average molecular weight is 747 g/mol. The van der Waals surface area contributed by atoms with Gasteiger partial charge in [-0.2, -0.15) is 0 Å². The summed E-state index contributed by atoms with van der Waals surface area (Å²) in [6.45, 7) is -0.142. The van der Waals surface area contributed by atoms with Gasteiger partial charge in [-0.25, -0.2) is 21.2 Å². The molecule has 0 spiro atoms. The third-order valence-electron chi connectivity index (χ3n) is 4.45. The van der Waals surface area contributed by atoms with Crippen LogP contribution in [0, 0.1) is 0 Å². The minimum absolute atomic E-state index is 0.0980. The van der Waals surface area contributed by atoms with Gasteiger partial charge in [0.25, 0.3) is 20.0 Å². The lowest BCUT2D eigenvalue weighted by molar-refractivity contribution is -0.0296. The highest BCUT2D eigenvalue weighted by Crippen LogP contribution is 2.38. The maximum Gasteiger partial charge on any atom is 0.258 e. The summed E-state index contributed by atoms with van der Waals surface area (Å²) >= 11 is 3.65. The van der Waals surface area contributed by atoms with Crippen molar-refractivity contribution in [1.82, 2.24) is 3.71 Å². The van der Waals surface area contributed by atoms with E-state index in [9.17, 15) is 16.8 Å². The Morgan fingerprint density at radius 3 is 1.84 bits per heavy atom. The molecule has 0 N–H and O–H groups in total. The molecule has 4 atom stereocenters. The third-order valence-corrected chi connectivity index (χ3v) is 10.6. The van der Waals surface area contributed by atoms with E-state index in [4.69, 9.17) is 13.1 Å². The monoisotopic (exact) mass is 747 g/mol. The zero-order chi connectivity index (χ0) is 23.4. The van der Waals surface area contributed by atoms with Gasteiger partial charge in [0, 0.05) is 42.4 Å². The molecule has 1 saturated heterocycles. The molecule has 2 aromatic carbocycles. The number of benzene rings is 2. The molecule has 15 heteroatoms. The Bertz CT molecular complexity index is 1030. The van der Waals surface area contributed by atoms with E-state index in [1.165, 1.54) is 48.5 Å². The summed E-state index contributed by atoms with van der Waals surface area (Å²) < 4.78 is 85.8. The number of sulfonamides is 2. The summed E-state index contributed by atoms with van der Waals surface area (Å²) in [5.41, 5.74) is 0. The van der Waals surface area contributed by atoms with Gasteiger partial charge in [-0.1, -0.05) is 40.1 Å². The molecule has 0 radical (unpaired) electrons. The fourth-order valence-corrected chi connectivity index (χ4v) is 8.55. The second-order valence-electron chi connectivity index (χ2n) is 6.34. The van der Waals surface area contributed by atoms with Gasteiger partial charge in [0.1, 0.15) is 12.2 Å². The quantitative estimate of drug-likeness (QED) is 0.257. The van der Waals surface area contributed by atoms with Crippen LogP contribution < -0.4 is 0 Å². The summed E-state index contributed by atoms with van der Waals surface area (Å²) in [5.74, 6) is 0. The third kappa shape index (κ3) is 5.73. The van der Waals surface area contributed by atoms with Crippen LogP contribution in [0.4, 0.5) is 4.39 Å². The van der Waals surface area contributed by atoms with E-state index >= 15 is 4.39 Å². The number of alkyl halides is 1. The van der Waals surface area contributed by atoms with Crippen molar-refractivity contribution < 1.29 is 34.3 Å². The molecule has 1 aliphatic rings. The Kier molecular flexibility index (Phi) is 9.91. The predicted molar refractivity (Wildman–Crippen MR) is 137 cm³/mol. The van der Waals surface area contributed by atoms with E-state index in [0.717, 1.165) is 18.4 Å². The van der Waals surface area contributed by atoms with Gasteiger partial charge in [-0.15, -0.1) is 0 Å². The molecule has 1 aliphatic heterocycles. The number of hydrogen-bond acceptors (Lipinski definition) is 9. The van der Waals surface area contributed by atoms with E-state index < -0.39 is 44.7 Å². The molecular weight excluding hydrogens is 731 g/mol. The molecule has 1 fully saturated rings. The van der Waals surface area contributed by atoms with Crippen molar-refractivity contribution in [3.05, 3.63) is 60.7 Å². The second-order valence-corrected chi connectivity index (χ2v) is 13.0. The molecule has 1 heterocycles. The Hall–Kier alpha value is 0.270. The molecule has 176 valence electrons. The fourth-order valence-electron chi connectivity index (χ4n) is 3.04. The van der Waals surface area contributed by atoms with Gasteiger partial charge in [-0.05, 0) is 24.3 Å². The highest BCUT2D eigenvalue weighted by Gasteiger charge is 2.56. The summed E-state index contributed by atoms with van der Waals surface area (Å²) in [4.78, 5) is -0.642. The van der Waals surface area contributed by atoms with Crippen molar-refractivity contribution in [2.75, 3.05) is 6.61 Å². The van der Waals surface area contributed by atoms with E-state index in [1.807, 2.05) is 21.2 Å². The van der Waals surface area contributed by atoms with Crippen LogP contribution in [-0.4, -0.2) is 51.8 Å². The van der Waals surface area contributed by atoms with E-state index in [0.29, 0.717) is 0 Å². The van der Waals surface area contributed by atoms with Crippen molar-refractivity contribution in [1.29, 1.82) is 0 Å². The molecule has 8 nitrogen and oxygen atoms in total. The molecule has 0 aliphatic carbocycles. The molecule has 32 heavy (non-hydrogen) atoms. The SMILES string of the molecule is O=S(=O)(c1ccccc1)N([C@H]1O[C@H](COSI)[C@@H](OSI)[C@@H]1F)S(=O)(=O)c1ccccc1. The standard InChI is InChI=1S/C17H16FI2NO7S4/c18-15-16(28-30-20)14(11-26-29-19)27-17(15)21(31(22,23)12-7-3-1-4-8-12)32(24,25)13-9-5-2-6-10-13/h1-10,14-17H,11H2/t14-,15+,16-,17+/m1/s1. The molecule has 3 rings (SSSR count). The van der Waals surface area contributed by atoms with Crippen molar-refractivity contribution in [3.63, 3.8) is 0 Å². The zero-order valence-corrected chi connectivity index (χ0v) is 23.4. The Balaban J connectivity index is 2.13. The first-order chi connectivity index (χ1) is 15.2. The normalized spacial score (nSPS) is 24.1. The fraction of sp³-hybridized carbons (Fsp3) is 0.294. The highest BCUT2D eigenvalue weighted by molar-refractivity contribution is 14.2. The molecular formula is C17H16FI2NO7S4. The number of ether oxygens (including phenoxy) is 1. The van der Waals surface area contributed by atoms with Crippen LogP contribution in [0.15, 0.2) is 70.5 Å². The van der Waals surface area contributed by atoms with Gasteiger partial charge in [0.2, 0.25) is 0 Å². The van der Waals surface area contributed by atoms with Gasteiger partial charge < -0.3 is 8.92 Å². The number of rotatable bonds is 10. The van der Waals surface area contributed by atoms with E-state index in [1.54, 1.807) is 33.3 Å². The summed E-state index contributed by atoms with van der Waals surface area (Å²) in [6.07, 6.45) is -6.40. The highest BCUT2D eigenvalue weighted by atomic mass is 127. The number of hydrogen-bond donors (Lipinski definition) is 0. The summed E-state index contributed by atoms with van der Waals surface area (Å²) in [7, 11) is -7.67. The van der Waals surface area contributed by atoms with E-state index in [2.05, 4.69) is 0 Å². The Morgan fingerprint density at radius 2 is 1.41 bits per heavy atom. The van der Waals surface area contributed by atoms with Gasteiger partial charge in [0.15, 0.2) is 12.4 Å². The smallest absolute Gasteiger partial charge is 0.258 e. The summed E-state index contributed by atoms with van der Waals surface area (Å²) in [6, 6.07) is 13.8. The maximum absolute atomic E-state index is 15.6. The van der Waals surface area contributed by atoms with Crippen LogP contribution in [0.2, 0.25) is 0 Å². The minimum Gasteiger partial charge on any atom is -0.349 e. The second kappa shape index (κ2) is 11.8. The van der Waals surface area contributed by atoms with Crippen LogP contribution in [0.5, 0.6) is 0 Å². The molecule has 0 aromatic heterocycles. The lowest BCUT2D eigenvalue weighted by Gasteiger charge is -2.28. The molecule has 0 amide bonds. The minimum atomic E-state index is -4.74. The first-order valence-corrected chi connectivity index (χ1v) is 18.2. The largest absolute Gasteiger partial charge is 0.349 e. The average Bonchev–Trinajstić information content (AvgIpc) is 3.08. The molecule has 0 unspecified atom stereocenters. The summed E-state index contributed by atoms with van der Waals surface area (Å²) in [5, 5.41) is 0. The van der Waals surface area contributed by atoms with Crippen molar-refractivity contribution >= 4 is 80.9 Å². The molecule has 2 aromatic rings. The van der Waals surface area contributed by atoms with Crippen molar-refractivity contribution in [2.24, 2.45) is 0 Å². The van der Waals surface area contributed by atoms with Gasteiger partial charge >= 0.3 is 0 Å². The Morgan fingerprint density at radius 1 is 0.906 bits per heavy atom. The van der Waals surface area contributed by atoms with E-state index in [-0.39, 0.29) is 20.1 Å². The van der Waals surface area contributed by atoms with Crippen molar-refractivity contribution in [3.8, 4) is 0 Å². The lowest BCUT2D eigenvalue weighted by Crippen LogP contribution is -2.49. The van der Waals surface area contributed by atoms with Crippen LogP contribution in [0.1, 0.15) is 0 Å². The molecule has 0 bridgehead atoms. The van der Waals surface area contributed by atoms with Crippen LogP contribution in [0.25, 0.3) is 0 Å². The van der Waals surface area contributed by atoms with Crippen LogP contribution in [-0.2, 0) is 33.1 Å².